The lowest BCUT2D eigenvalue weighted by Crippen LogP contribution is -2.20. The van der Waals surface area contributed by atoms with E-state index in [9.17, 15) is 14.9 Å². The number of hydrogen-bond acceptors (Lipinski definition) is 5. The van der Waals surface area contributed by atoms with Crippen LogP contribution in [0, 0.1) is 24.0 Å². The molecule has 3 rings (SSSR count). The van der Waals surface area contributed by atoms with E-state index >= 15 is 0 Å². The first-order valence-corrected chi connectivity index (χ1v) is 10.1. The summed E-state index contributed by atoms with van der Waals surface area (Å²) in [6.45, 7) is 6.31. The molecule has 7 nitrogen and oxygen atoms in total. The van der Waals surface area contributed by atoms with E-state index in [-0.39, 0.29) is 11.2 Å². The van der Waals surface area contributed by atoms with Gasteiger partial charge in [-0.05, 0) is 45.0 Å². The maximum absolute atomic E-state index is 12.8. The van der Waals surface area contributed by atoms with Gasteiger partial charge in [-0.1, -0.05) is 17.7 Å². The number of nitro groups is 1. The van der Waals surface area contributed by atoms with Crippen molar-refractivity contribution < 1.29 is 4.92 Å². The number of rotatable bonds is 7. The molecule has 1 heterocycles. The molecule has 0 amide bonds. The molecule has 0 atom stereocenters. The summed E-state index contributed by atoms with van der Waals surface area (Å²) >= 11 is 1.73. The van der Waals surface area contributed by atoms with E-state index in [1.165, 1.54) is 27.3 Å². The van der Waals surface area contributed by atoms with Crippen LogP contribution in [0.5, 0.6) is 0 Å². The molecule has 0 saturated heterocycles. The van der Waals surface area contributed by atoms with E-state index in [0.717, 1.165) is 5.75 Å². The minimum atomic E-state index is -0.469. The number of nitrogens with zero attached hydrogens (tertiary/aromatic N) is 3. The Hall–Kier alpha value is -3.13. The van der Waals surface area contributed by atoms with E-state index in [1.54, 1.807) is 23.9 Å². The lowest BCUT2D eigenvalue weighted by atomic mass is 10.2. The summed E-state index contributed by atoms with van der Waals surface area (Å²) in [5.41, 5.74) is 3.45. The van der Waals surface area contributed by atoms with Crippen LogP contribution >= 0.6 is 11.8 Å². The quantitative estimate of drug-likeness (QED) is 0.207. The van der Waals surface area contributed by atoms with Crippen LogP contribution in [0.15, 0.2) is 63.2 Å². The minimum Gasteiger partial charge on any atom is -0.295 e. The Morgan fingerprint density at radius 1 is 1.14 bits per heavy atom. The zero-order valence-electron chi connectivity index (χ0n) is 16.5. The lowest BCUT2D eigenvalue weighted by Gasteiger charge is -2.02. The molecule has 0 aliphatic heterocycles. The first kappa shape index (κ1) is 20.6. The second kappa shape index (κ2) is 8.91. The molecule has 0 spiro atoms. The molecule has 0 saturated carbocycles. The first-order valence-electron chi connectivity index (χ1n) is 9.14. The molecule has 3 aromatic rings. The molecule has 0 radical (unpaired) electrons. The highest BCUT2D eigenvalue weighted by molar-refractivity contribution is 7.99. The topological polar surface area (TPSA) is 93.3 Å². The van der Waals surface area contributed by atoms with Crippen molar-refractivity contribution in [1.29, 1.82) is 0 Å². The van der Waals surface area contributed by atoms with Crippen LogP contribution in [0.3, 0.4) is 0 Å². The number of benzene rings is 2. The van der Waals surface area contributed by atoms with Crippen molar-refractivity contribution in [2.45, 2.75) is 25.7 Å². The van der Waals surface area contributed by atoms with Gasteiger partial charge in [0.2, 0.25) is 0 Å². The number of aryl methyl sites for hydroxylation is 2. The molecule has 1 aromatic heterocycles. The van der Waals surface area contributed by atoms with Crippen LogP contribution in [0.1, 0.15) is 23.7 Å². The number of H-pyrrole nitrogens is 1. The number of aliphatic imine (C=N–C) groups is 1. The van der Waals surface area contributed by atoms with E-state index < -0.39 is 4.92 Å². The SMILES string of the molecule is CC(=NCCSc1ccc(C)cc1)c1c(C)[nH]n(-c2ccc([N+](=O)[O-])cc2)c1=O. The average Bonchev–Trinajstić information content (AvgIpc) is 3.00. The summed E-state index contributed by atoms with van der Waals surface area (Å²) in [6, 6.07) is 14.2. The Kier molecular flexibility index (Phi) is 6.33. The van der Waals surface area contributed by atoms with Gasteiger partial charge in [0.15, 0.2) is 0 Å². The van der Waals surface area contributed by atoms with E-state index in [2.05, 4.69) is 41.3 Å². The fourth-order valence-electron chi connectivity index (χ4n) is 2.97. The van der Waals surface area contributed by atoms with E-state index in [1.807, 2.05) is 13.8 Å². The van der Waals surface area contributed by atoms with Gasteiger partial charge in [0.1, 0.15) is 0 Å². The highest BCUT2D eigenvalue weighted by atomic mass is 32.2. The van der Waals surface area contributed by atoms with Gasteiger partial charge < -0.3 is 0 Å². The van der Waals surface area contributed by atoms with E-state index in [0.29, 0.717) is 29.2 Å². The Balaban J connectivity index is 1.72. The molecular weight excluding hydrogens is 388 g/mol. The molecular formula is C21H22N4O3S. The van der Waals surface area contributed by atoms with Crippen molar-refractivity contribution in [1.82, 2.24) is 9.78 Å². The second-order valence-corrected chi connectivity index (χ2v) is 7.82. The van der Waals surface area contributed by atoms with Crippen molar-refractivity contribution in [3.63, 3.8) is 0 Å². The third kappa shape index (κ3) is 4.83. The molecule has 2 aromatic carbocycles. The predicted octanol–water partition coefficient (Wildman–Crippen LogP) is 4.29. The predicted molar refractivity (Wildman–Crippen MR) is 117 cm³/mol. The third-order valence-corrected chi connectivity index (χ3v) is 5.47. The number of nitrogens with one attached hydrogen (secondary N) is 1. The molecule has 0 aliphatic carbocycles. The van der Waals surface area contributed by atoms with Crippen LogP contribution in [-0.2, 0) is 0 Å². The smallest absolute Gasteiger partial charge is 0.280 e. The third-order valence-electron chi connectivity index (χ3n) is 4.48. The monoisotopic (exact) mass is 410 g/mol. The minimum absolute atomic E-state index is 0.0193. The summed E-state index contributed by atoms with van der Waals surface area (Å²) in [5.74, 6) is 0.820. The molecule has 0 unspecified atom stereocenters. The highest BCUT2D eigenvalue weighted by Crippen LogP contribution is 2.18. The van der Waals surface area contributed by atoms with Crippen molar-refractivity contribution in [2.75, 3.05) is 12.3 Å². The second-order valence-electron chi connectivity index (χ2n) is 6.65. The van der Waals surface area contributed by atoms with Crippen LogP contribution in [0.4, 0.5) is 5.69 Å². The molecule has 0 fully saturated rings. The Morgan fingerprint density at radius 3 is 2.41 bits per heavy atom. The first-order chi connectivity index (χ1) is 13.9. The molecule has 150 valence electrons. The largest absolute Gasteiger partial charge is 0.295 e. The number of aromatic amines is 1. The van der Waals surface area contributed by atoms with Crippen molar-refractivity contribution in [2.24, 2.45) is 4.99 Å². The van der Waals surface area contributed by atoms with Gasteiger partial charge in [-0.2, -0.15) is 0 Å². The number of non-ortho nitro benzene ring substituents is 1. The average molecular weight is 410 g/mol. The summed E-state index contributed by atoms with van der Waals surface area (Å²) in [4.78, 5) is 28.9. The summed E-state index contributed by atoms with van der Waals surface area (Å²) in [5, 5.41) is 13.8. The van der Waals surface area contributed by atoms with E-state index in [4.69, 9.17) is 0 Å². The van der Waals surface area contributed by atoms with Crippen LogP contribution in [-0.4, -0.2) is 32.7 Å². The number of thioether (sulfide) groups is 1. The van der Waals surface area contributed by atoms with Crippen LogP contribution in [0.25, 0.3) is 5.69 Å². The normalized spacial score (nSPS) is 11.6. The fraction of sp³-hybridized carbons (Fsp3) is 0.238. The summed E-state index contributed by atoms with van der Waals surface area (Å²) < 4.78 is 1.38. The van der Waals surface area contributed by atoms with Gasteiger partial charge in [-0.3, -0.25) is 25.0 Å². The maximum Gasteiger partial charge on any atom is 0.280 e. The van der Waals surface area contributed by atoms with Crippen molar-refractivity contribution >= 4 is 23.2 Å². The van der Waals surface area contributed by atoms with Gasteiger partial charge in [-0.15, -0.1) is 11.8 Å². The lowest BCUT2D eigenvalue weighted by molar-refractivity contribution is -0.384. The van der Waals surface area contributed by atoms with Crippen LogP contribution < -0.4 is 5.56 Å². The number of nitro benzene ring substituents is 1. The maximum atomic E-state index is 12.8. The molecule has 29 heavy (non-hydrogen) atoms. The van der Waals surface area contributed by atoms with Crippen molar-refractivity contribution in [3.05, 3.63) is 85.8 Å². The Morgan fingerprint density at radius 2 is 1.79 bits per heavy atom. The van der Waals surface area contributed by atoms with Gasteiger partial charge in [0.05, 0.1) is 16.2 Å². The summed E-state index contributed by atoms with van der Waals surface area (Å²) in [7, 11) is 0. The molecule has 1 N–H and O–H groups in total. The molecule has 0 bridgehead atoms. The van der Waals surface area contributed by atoms with Gasteiger partial charge in [0, 0.05) is 40.7 Å². The fourth-order valence-corrected chi connectivity index (χ4v) is 3.72. The zero-order chi connectivity index (χ0) is 21.0. The highest BCUT2D eigenvalue weighted by Gasteiger charge is 2.15. The van der Waals surface area contributed by atoms with Gasteiger partial charge >= 0.3 is 0 Å². The summed E-state index contributed by atoms with van der Waals surface area (Å²) in [6.07, 6.45) is 0. The Labute approximate surface area is 172 Å². The van der Waals surface area contributed by atoms with Crippen molar-refractivity contribution in [3.8, 4) is 5.69 Å². The van der Waals surface area contributed by atoms with Gasteiger partial charge in [0.25, 0.3) is 11.2 Å². The van der Waals surface area contributed by atoms with Crippen LogP contribution in [0.2, 0.25) is 0 Å². The molecule has 8 heteroatoms. The zero-order valence-corrected chi connectivity index (χ0v) is 17.3. The number of hydrogen-bond donors (Lipinski definition) is 1. The van der Waals surface area contributed by atoms with Gasteiger partial charge in [-0.25, -0.2) is 4.68 Å². The standard InChI is InChI=1S/C21H22N4O3S/c1-14-4-10-19(11-5-14)29-13-12-22-15(2)20-16(3)23-24(21(20)26)17-6-8-18(9-7-17)25(27)28/h4-11,23H,12-13H2,1-3H3. The Bertz CT molecular complexity index is 1100. The molecule has 0 aliphatic rings. The number of aromatic nitrogens is 2.